The Labute approximate surface area is 167 Å². The van der Waals surface area contributed by atoms with Gasteiger partial charge in [-0.3, -0.25) is 0 Å². The molecule has 0 aliphatic carbocycles. The van der Waals surface area contributed by atoms with E-state index in [0.717, 1.165) is 16.8 Å². The number of benzene rings is 3. The number of aryl methyl sites for hydroxylation is 2. The predicted octanol–water partition coefficient (Wildman–Crippen LogP) is 5.02. The third-order valence-electron chi connectivity index (χ3n) is 4.34. The number of hydrogen-bond donors (Lipinski definition) is 0. The zero-order valence-corrected chi connectivity index (χ0v) is 17.0. The Hall–Kier alpha value is -2.55. The van der Waals surface area contributed by atoms with E-state index >= 15 is 0 Å². The zero-order chi connectivity index (χ0) is 17.2. The standard InChI is InChI=1S/C22H18N3.Ir/c1-16-9-8-10-17(2)21(16)19-13-6-7-14-20(19)25-15-23-22(24-25)18-11-4-3-5-12-18;/h3-13,15H,1-2H3;/q-1;. The fourth-order valence-corrected chi connectivity index (χ4v) is 3.15. The average Bonchev–Trinajstić information content (AvgIpc) is 3.13. The topological polar surface area (TPSA) is 30.7 Å². The van der Waals surface area contributed by atoms with Crippen LogP contribution in [0.4, 0.5) is 0 Å². The number of para-hydroxylation sites is 1. The molecule has 1 heterocycles. The van der Waals surface area contributed by atoms with Crippen LogP contribution in [0.1, 0.15) is 11.1 Å². The van der Waals surface area contributed by atoms with Crippen LogP contribution in [0.3, 0.4) is 0 Å². The average molecular weight is 517 g/mol. The van der Waals surface area contributed by atoms with Crippen molar-refractivity contribution in [2.75, 3.05) is 0 Å². The summed E-state index contributed by atoms with van der Waals surface area (Å²) in [5.74, 6) is 0.713. The van der Waals surface area contributed by atoms with E-state index in [-0.39, 0.29) is 20.1 Å². The summed E-state index contributed by atoms with van der Waals surface area (Å²) in [5.41, 5.74) is 6.74. The normalized spacial score (nSPS) is 10.4. The van der Waals surface area contributed by atoms with Gasteiger partial charge in [-0.1, -0.05) is 65.2 Å². The zero-order valence-electron chi connectivity index (χ0n) is 14.6. The Balaban J connectivity index is 0.00000196. The van der Waals surface area contributed by atoms with E-state index in [1.165, 1.54) is 16.7 Å². The van der Waals surface area contributed by atoms with Crippen molar-refractivity contribution in [3.63, 3.8) is 0 Å². The summed E-state index contributed by atoms with van der Waals surface area (Å²) < 4.78 is 1.81. The van der Waals surface area contributed by atoms with Crippen molar-refractivity contribution in [2.45, 2.75) is 13.8 Å². The van der Waals surface area contributed by atoms with E-state index in [2.05, 4.69) is 54.3 Å². The van der Waals surface area contributed by atoms with Crippen molar-refractivity contribution in [2.24, 2.45) is 0 Å². The molecule has 0 aliphatic rings. The maximum absolute atomic E-state index is 4.67. The minimum absolute atomic E-state index is 0. The van der Waals surface area contributed by atoms with Gasteiger partial charge in [0.15, 0.2) is 5.82 Å². The molecule has 0 unspecified atom stereocenters. The maximum Gasteiger partial charge on any atom is 0.181 e. The largest absolute Gasteiger partial charge is 0.244 e. The van der Waals surface area contributed by atoms with E-state index < -0.39 is 0 Å². The second kappa shape index (κ2) is 7.77. The molecule has 0 aliphatic heterocycles. The maximum atomic E-state index is 4.67. The second-order valence-corrected chi connectivity index (χ2v) is 6.08. The molecular formula is C22H18IrN3-. The minimum Gasteiger partial charge on any atom is -0.244 e. The molecule has 0 saturated heterocycles. The quantitative estimate of drug-likeness (QED) is 0.358. The fourth-order valence-electron chi connectivity index (χ4n) is 3.15. The molecule has 0 amide bonds. The SMILES string of the molecule is Cc1cccc(C)c1-c1ccc[c-]c1-n1cnc(-c2ccccc2)n1.[Ir]. The van der Waals surface area contributed by atoms with Crippen molar-refractivity contribution in [3.8, 4) is 28.2 Å². The Morgan fingerprint density at radius 1 is 0.846 bits per heavy atom. The molecule has 4 rings (SSSR count). The van der Waals surface area contributed by atoms with Crippen molar-refractivity contribution in [3.05, 3.63) is 90.3 Å². The molecule has 0 saturated carbocycles. The Bertz CT molecular complexity index is 1000. The van der Waals surface area contributed by atoms with Crippen LogP contribution >= 0.6 is 0 Å². The molecule has 3 aromatic carbocycles. The van der Waals surface area contributed by atoms with Crippen LogP contribution in [0.25, 0.3) is 28.2 Å². The first-order valence-corrected chi connectivity index (χ1v) is 8.29. The first-order valence-electron chi connectivity index (χ1n) is 8.29. The third-order valence-corrected chi connectivity index (χ3v) is 4.34. The summed E-state index contributed by atoms with van der Waals surface area (Å²) in [5, 5.41) is 4.67. The van der Waals surface area contributed by atoms with Gasteiger partial charge in [0.1, 0.15) is 6.33 Å². The van der Waals surface area contributed by atoms with Crippen LogP contribution in [0.5, 0.6) is 0 Å². The summed E-state index contributed by atoms with van der Waals surface area (Å²) in [6.45, 7) is 4.27. The Morgan fingerprint density at radius 3 is 2.31 bits per heavy atom. The molecule has 0 atom stereocenters. The Morgan fingerprint density at radius 2 is 1.58 bits per heavy atom. The molecular weight excluding hydrogens is 498 g/mol. The molecule has 3 nitrogen and oxygen atoms in total. The summed E-state index contributed by atoms with van der Waals surface area (Å²) in [6.07, 6.45) is 1.76. The van der Waals surface area contributed by atoms with Gasteiger partial charge in [-0.15, -0.1) is 10.7 Å². The molecule has 0 N–H and O–H groups in total. The molecule has 1 radical (unpaired) electrons. The fraction of sp³-hybridized carbons (Fsp3) is 0.0909. The molecule has 1 aromatic heterocycles. The van der Waals surface area contributed by atoms with Gasteiger partial charge < -0.3 is 0 Å². The molecule has 4 heteroatoms. The van der Waals surface area contributed by atoms with Crippen molar-refractivity contribution < 1.29 is 20.1 Å². The number of aromatic nitrogens is 3. The summed E-state index contributed by atoms with van der Waals surface area (Å²) in [4.78, 5) is 4.47. The van der Waals surface area contributed by atoms with Crippen LogP contribution in [0.15, 0.2) is 73.1 Å². The van der Waals surface area contributed by atoms with Gasteiger partial charge in [0.25, 0.3) is 0 Å². The van der Waals surface area contributed by atoms with Crippen molar-refractivity contribution in [1.82, 2.24) is 14.8 Å². The van der Waals surface area contributed by atoms with Gasteiger partial charge in [-0.25, -0.2) is 9.67 Å². The molecule has 0 spiro atoms. The summed E-state index contributed by atoms with van der Waals surface area (Å²) >= 11 is 0. The van der Waals surface area contributed by atoms with E-state index in [9.17, 15) is 0 Å². The summed E-state index contributed by atoms with van der Waals surface area (Å²) in [7, 11) is 0. The van der Waals surface area contributed by atoms with Crippen LogP contribution in [0.2, 0.25) is 0 Å². The van der Waals surface area contributed by atoms with Gasteiger partial charge in [0, 0.05) is 25.7 Å². The number of rotatable bonds is 3. The van der Waals surface area contributed by atoms with E-state index in [1.54, 1.807) is 6.33 Å². The van der Waals surface area contributed by atoms with E-state index in [4.69, 9.17) is 0 Å². The van der Waals surface area contributed by atoms with Gasteiger partial charge in [0.05, 0.1) is 0 Å². The molecule has 4 aromatic rings. The van der Waals surface area contributed by atoms with Crippen molar-refractivity contribution in [1.29, 1.82) is 0 Å². The van der Waals surface area contributed by atoms with E-state index in [0.29, 0.717) is 5.82 Å². The third kappa shape index (κ3) is 3.39. The van der Waals surface area contributed by atoms with Crippen LogP contribution in [-0.2, 0) is 20.1 Å². The summed E-state index contributed by atoms with van der Waals surface area (Å²) in [6, 6.07) is 25.7. The van der Waals surface area contributed by atoms with Crippen LogP contribution in [0, 0.1) is 19.9 Å². The minimum atomic E-state index is 0. The monoisotopic (exact) mass is 517 g/mol. The molecule has 0 bridgehead atoms. The van der Waals surface area contributed by atoms with Crippen LogP contribution in [-0.4, -0.2) is 14.8 Å². The Kier molecular flexibility index (Phi) is 5.46. The van der Waals surface area contributed by atoms with Gasteiger partial charge in [0.2, 0.25) is 0 Å². The molecule has 0 fully saturated rings. The van der Waals surface area contributed by atoms with E-state index in [1.807, 2.05) is 47.1 Å². The van der Waals surface area contributed by atoms with Gasteiger partial charge in [-0.2, -0.15) is 24.3 Å². The molecule has 26 heavy (non-hydrogen) atoms. The van der Waals surface area contributed by atoms with Gasteiger partial charge in [-0.05, 0) is 19.5 Å². The van der Waals surface area contributed by atoms with Crippen molar-refractivity contribution >= 4 is 0 Å². The first-order chi connectivity index (χ1) is 12.2. The second-order valence-electron chi connectivity index (χ2n) is 6.08. The smallest absolute Gasteiger partial charge is 0.181 e. The van der Waals surface area contributed by atoms with Gasteiger partial charge >= 0.3 is 0 Å². The number of nitrogens with zero attached hydrogens (tertiary/aromatic N) is 3. The molecule has 131 valence electrons. The number of hydrogen-bond acceptors (Lipinski definition) is 2. The predicted molar refractivity (Wildman–Crippen MR) is 101 cm³/mol. The van der Waals surface area contributed by atoms with Crippen LogP contribution < -0.4 is 0 Å². The first kappa shape index (κ1) is 18.2.